The fourth-order valence-corrected chi connectivity index (χ4v) is 1.33. The molecule has 0 bridgehead atoms. The molecule has 0 saturated carbocycles. The van der Waals surface area contributed by atoms with Crippen molar-refractivity contribution in [2.75, 3.05) is 6.61 Å². The third-order valence-electron chi connectivity index (χ3n) is 1.94. The van der Waals surface area contributed by atoms with Crippen molar-refractivity contribution in [3.8, 4) is 0 Å². The van der Waals surface area contributed by atoms with Gasteiger partial charge in [-0.1, -0.05) is 19.9 Å². The predicted molar refractivity (Wildman–Crippen MR) is 51.1 cm³/mol. The molecular weight excluding hydrogens is 167 g/mol. The maximum Gasteiger partial charge on any atom is 0.123 e. The van der Waals surface area contributed by atoms with Crippen molar-refractivity contribution in [3.63, 3.8) is 0 Å². The average Bonchev–Trinajstić information content (AvgIpc) is 2.21. The van der Waals surface area contributed by atoms with Crippen LogP contribution in [0.1, 0.15) is 25.0 Å². The monoisotopic (exact) mass is 182 g/mol. The van der Waals surface area contributed by atoms with Crippen LogP contribution in [0.2, 0.25) is 0 Å². The topological polar surface area (TPSA) is 9.23 Å². The summed E-state index contributed by atoms with van der Waals surface area (Å²) in [5.41, 5.74) is 2.22. The van der Waals surface area contributed by atoms with E-state index in [4.69, 9.17) is 4.74 Å². The average molecular weight is 182 g/mol. The van der Waals surface area contributed by atoms with Gasteiger partial charge in [0.05, 0.1) is 13.2 Å². The second-order valence-electron chi connectivity index (χ2n) is 2.72. The third kappa shape index (κ3) is 2.52. The van der Waals surface area contributed by atoms with E-state index in [1.807, 2.05) is 13.8 Å². The first kappa shape index (κ1) is 10.2. The van der Waals surface area contributed by atoms with Crippen LogP contribution in [0.15, 0.2) is 18.2 Å². The first-order valence-electron chi connectivity index (χ1n) is 4.71. The summed E-state index contributed by atoms with van der Waals surface area (Å²) in [5.74, 6) is -0.148. The molecule has 13 heavy (non-hydrogen) atoms. The summed E-state index contributed by atoms with van der Waals surface area (Å²) < 4.78 is 17.9. The lowest BCUT2D eigenvalue weighted by Gasteiger charge is -2.15. The van der Waals surface area contributed by atoms with Crippen LogP contribution in [0.5, 0.6) is 0 Å². The van der Waals surface area contributed by atoms with Gasteiger partial charge in [0.15, 0.2) is 0 Å². The van der Waals surface area contributed by atoms with Gasteiger partial charge in [-0.05, 0) is 29.7 Å². The lowest BCUT2D eigenvalue weighted by atomic mass is 10.0. The highest BCUT2D eigenvalue weighted by atomic mass is 19.1. The Morgan fingerprint density at radius 3 is 2.77 bits per heavy atom. The molecular formula is C11H15FO. The van der Waals surface area contributed by atoms with Crippen LogP contribution >= 0.6 is 0 Å². The molecule has 0 amide bonds. The molecule has 0 aromatic heterocycles. The Morgan fingerprint density at radius 2 is 2.00 bits per heavy atom. The van der Waals surface area contributed by atoms with Crippen molar-refractivity contribution < 1.29 is 9.13 Å². The lowest BCUT2D eigenvalue weighted by molar-refractivity contribution is 0.110. The minimum absolute atomic E-state index is 0.148. The molecule has 0 spiro atoms. The minimum Gasteiger partial charge on any atom is -0.376 e. The van der Waals surface area contributed by atoms with Crippen LogP contribution in [0, 0.1) is 5.82 Å². The van der Waals surface area contributed by atoms with E-state index in [2.05, 4.69) is 0 Å². The molecule has 0 fully saturated rings. The number of halogens is 1. The fourth-order valence-electron chi connectivity index (χ4n) is 1.33. The van der Waals surface area contributed by atoms with Crippen molar-refractivity contribution in [3.05, 3.63) is 35.1 Å². The maximum atomic E-state index is 12.7. The van der Waals surface area contributed by atoms with Crippen molar-refractivity contribution >= 4 is 0 Å². The third-order valence-corrected chi connectivity index (χ3v) is 1.94. The van der Waals surface area contributed by atoms with Crippen LogP contribution in [0.4, 0.5) is 4.39 Å². The van der Waals surface area contributed by atoms with Gasteiger partial charge in [0.2, 0.25) is 0 Å². The first-order valence-corrected chi connectivity index (χ1v) is 4.71. The van der Waals surface area contributed by atoms with Gasteiger partial charge in [-0.3, -0.25) is 0 Å². The fraction of sp³-hybridized carbons (Fsp3) is 0.455. The standard InChI is InChI=1S/C9H9FO.C2H6/c10-9-2-1-8-6-11-4-3-7(8)5-9;1-2/h1-2,5H,3-4,6H2;1-2H3. The SMILES string of the molecule is CC.Fc1ccc2c(c1)CCOC2. The quantitative estimate of drug-likeness (QED) is 0.599. The van der Waals surface area contributed by atoms with Gasteiger partial charge in [0.1, 0.15) is 5.82 Å². The van der Waals surface area contributed by atoms with E-state index >= 15 is 0 Å². The molecule has 0 saturated heterocycles. The summed E-state index contributed by atoms with van der Waals surface area (Å²) in [6, 6.07) is 4.87. The molecule has 1 aliphatic rings. The molecule has 1 nitrogen and oxygen atoms in total. The van der Waals surface area contributed by atoms with Gasteiger partial charge >= 0.3 is 0 Å². The Balaban J connectivity index is 0.000000396. The van der Waals surface area contributed by atoms with Gasteiger partial charge in [-0.2, -0.15) is 0 Å². The molecule has 2 heteroatoms. The van der Waals surface area contributed by atoms with Gasteiger partial charge in [-0.25, -0.2) is 4.39 Å². The van der Waals surface area contributed by atoms with Crippen LogP contribution in [-0.4, -0.2) is 6.61 Å². The molecule has 1 aromatic carbocycles. The van der Waals surface area contributed by atoms with Gasteiger partial charge in [0, 0.05) is 0 Å². The number of hydrogen-bond acceptors (Lipinski definition) is 1. The Bertz CT molecular complexity index is 271. The molecule has 2 rings (SSSR count). The van der Waals surface area contributed by atoms with Crippen LogP contribution < -0.4 is 0 Å². The highest BCUT2D eigenvalue weighted by Crippen LogP contribution is 2.17. The molecule has 0 atom stereocenters. The molecule has 1 aromatic rings. The summed E-state index contributed by atoms with van der Waals surface area (Å²) in [4.78, 5) is 0. The van der Waals surface area contributed by atoms with Gasteiger partial charge < -0.3 is 4.74 Å². The zero-order chi connectivity index (χ0) is 9.68. The van der Waals surface area contributed by atoms with Gasteiger partial charge in [-0.15, -0.1) is 0 Å². The maximum absolute atomic E-state index is 12.7. The second-order valence-corrected chi connectivity index (χ2v) is 2.72. The van der Waals surface area contributed by atoms with Gasteiger partial charge in [0.25, 0.3) is 0 Å². The number of hydrogen-bond donors (Lipinski definition) is 0. The molecule has 72 valence electrons. The van der Waals surface area contributed by atoms with E-state index in [0.29, 0.717) is 6.61 Å². The molecule has 0 unspecified atom stereocenters. The number of ether oxygens (including phenoxy) is 1. The molecule has 0 aliphatic carbocycles. The van der Waals surface area contributed by atoms with Crippen molar-refractivity contribution in [2.24, 2.45) is 0 Å². The molecule has 1 heterocycles. The summed E-state index contributed by atoms with van der Waals surface area (Å²) in [5, 5.41) is 0. The second kappa shape index (κ2) is 4.97. The zero-order valence-electron chi connectivity index (χ0n) is 8.14. The predicted octanol–water partition coefficient (Wildman–Crippen LogP) is 2.92. The Labute approximate surface area is 78.5 Å². The van der Waals surface area contributed by atoms with E-state index in [1.165, 1.54) is 6.07 Å². The lowest BCUT2D eigenvalue weighted by Crippen LogP contribution is -2.09. The summed E-state index contributed by atoms with van der Waals surface area (Å²) in [6.07, 6.45) is 0.840. The van der Waals surface area contributed by atoms with E-state index in [0.717, 1.165) is 24.2 Å². The molecule has 1 aliphatic heterocycles. The van der Waals surface area contributed by atoms with Crippen LogP contribution in [-0.2, 0) is 17.8 Å². The Kier molecular flexibility index (Phi) is 3.90. The smallest absolute Gasteiger partial charge is 0.123 e. The first-order chi connectivity index (χ1) is 6.36. The molecule has 0 N–H and O–H groups in total. The Hall–Kier alpha value is -0.890. The summed E-state index contributed by atoms with van der Waals surface area (Å²) in [7, 11) is 0. The highest BCUT2D eigenvalue weighted by Gasteiger charge is 2.08. The van der Waals surface area contributed by atoms with E-state index in [9.17, 15) is 4.39 Å². The number of benzene rings is 1. The van der Waals surface area contributed by atoms with Crippen molar-refractivity contribution in [1.82, 2.24) is 0 Å². The van der Waals surface area contributed by atoms with E-state index in [-0.39, 0.29) is 5.82 Å². The largest absolute Gasteiger partial charge is 0.376 e. The summed E-state index contributed by atoms with van der Waals surface area (Å²) in [6.45, 7) is 5.35. The minimum atomic E-state index is -0.148. The van der Waals surface area contributed by atoms with E-state index in [1.54, 1.807) is 12.1 Å². The van der Waals surface area contributed by atoms with Crippen LogP contribution in [0.3, 0.4) is 0 Å². The Morgan fingerprint density at radius 1 is 1.23 bits per heavy atom. The summed E-state index contributed by atoms with van der Waals surface area (Å²) >= 11 is 0. The number of fused-ring (bicyclic) bond motifs is 1. The van der Waals surface area contributed by atoms with E-state index < -0.39 is 0 Å². The molecule has 0 radical (unpaired) electrons. The highest BCUT2D eigenvalue weighted by molar-refractivity contribution is 5.28. The van der Waals surface area contributed by atoms with Crippen molar-refractivity contribution in [1.29, 1.82) is 0 Å². The zero-order valence-corrected chi connectivity index (χ0v) is 8.14. The van der Waals surface area contributed by atoms with Crippen LogP contribution in [0.25, 0.3) is 0 Å². The number of rotatable bonds is 0. The normalized spacial score (nSPS) is 14.1. The van der Waals surface area contributed by atoms with Crippen molar-refractivity contribution in [2.45, 2.75) is 26.9 Å².